The third-order valence-electron chi connectivity index (χ3n) is 1.97. The van der Waals surface area contributed by atoms with Crippen LogP contribution in [0.2, 0.25) is 0 Å². The average molecular weight is 224 g/mol. The lowest BCUT2D eigenvalue weighted by Crippen LogP contribution is -2.12. The predicted octanol–water partition coefficient (Wildman–Crippen LogP) is 2.11. The van der Waals surface area contributed by atoms with Gasteiger partial charge in [0, 0.05) is 7.11 Å². The molecule has 4 heteroatoms. The van der Waals surface area contributed by atoms with Crippen LogP contribution in [0.3, 0.4) is 0 Å². The molecule has 0 saturated carbocycles. The third kappa shape index (κ3) is 2.70. The predicted molar refractivity (Wildman–Crippen MR) is 60.2 cm³/mol. The van der Waals surface area contributed by atoms with E-state index in [9.17, 15) is 4.57 Å². The van der Waals surface area contributed by atoms with Crippen molar-refractivity contribution < 1.29 is 13.6 Å². The van der Waals surface area contributed by atoms with Crippen molar-refractivity contribution >= 4 is 12.9 Å². The molecular formula is C11H13O3P. The van der Waals surface area contributed by atoms with Crippen LogP contribution < -0.4 is 5.30 Å². The molecule has 1 rings (SSSR count). The van der Waals surface area contributed by atoms with Gasteiger partial charge in [-0.25, -0.2) is 0 Å². The van der Waals surface area contributed by atoms with Crippen molar-refractivity contribution in [3.63, 3.8) is 0 Å². The van der Waals surface area contributed by atoms with Gasteiger partial charge in [-0.3, -0.25) is 9.09 Å². The molecule has 0 aliphatic carbocycles. The number of rotatable bonds is 4. The molecule has 0 amide bonds. The lowest BCUT2D eigenvalue weighted by molar-refractivity contribution is 0.268. The fraction of sp³-hybridized carbons (Fsp3) is 0.273. The highest BCUT2D eigenvalue weighted by Crippen LogP contribution is 2.46. The first-order valence-electron chi connectivity index (χ1n) is 4.44. The number of benzene rings is 1. The van der Waals surface area contributed by atoms with Crippen molar-refractivity contribution in [3.8, 4) is 12.3 Å². The van der Waals surface area contributed by atoms with E-state index < -0.39 is 7.60 Å². The zero-order chi connectivity index (χ0) is 11.3. The molecule has 0 spiro atoms. The molecule has 0 bridgehead atoms. The summed E-state index contributed by atoms with van der Waals surface area (Å²) in [4.78, 5) is 0. The Kier molecular flexibility index (Phi) is 4.11. The Hall–Kier alpha value is -1.07. The van der Waals surface area contributed by atoms with Crippen molar-refractivity contribution in [2.24, 2.45) is 0 Å². The molecule has 1 aromatic rings. The minimum absolute atomic E-state index is 0.0283. The van der Waals surface area contributed by atoms with Gasteiger partial charge in [-0.1, -0.05) is 24.1 Å². The van der Waals surface area contributed by atoms with Crippen molar-refractivity contribution in [2.45, 2.75) is 6.92 Å². The minimum Gasteiger partial charge on any atom is -0.309 e. The second-order valence-electron chi connectivity index (χ2n) is 2.94. The molecule has 80 valence electrons. The smallest absolute Gasteiger partial charge is 0.309 e. The van der Waals surface area contributed by atoms with Crippen molar-refractivity contribution in [1.29, 1.82) is 0 Å². The van der Waals surface area contributed by atoms with E-state index in [2.05, 4.69) is 5.92 Å². The second kappa shape index (κ2) is 5.14. The molecule has 0 heterocycles. The van der Waals surface area contributed by atoms with Crippen LogP contribution in [0.4, 0.5) is 0 Å². The number of terminal acetylenes is 1. The van der Waals surface area contributed by atoms with Gasteiger partial charge in [0.2, 0.25) is 0 Å². The first-order valence-corrected chi connectivity index (χ1v) is 5.98. The van der Waals surface area contributed by atoms with Crippen LogP contribution in [0.1, 0.15) is 5.56 Å². The molecule has 0 saturated heterocycles. The number of hydrogen-bond acceptors (Lipinski definition) is 3. The zero-order valence-corrected chi connectivity index (χ0v) is 9.66. The van der Waals surface area contributed by atoms with Crippen molar-refractivity contribution in [3.05, 3.63) is 29.8 Å². The van der Waals surface area contributed by atoms with E-state index in [1.807, 2.05) is 19.1 Å². The summed E-state index contributed by atoms with van der Waals surface area (Å²) in [5, 5.41) is 0.558. The number of aryl methyl sites for hydroxylation is 1. The van der Waals surface area contributed by atoms with Gasteiger partial charge in [0.1, 0.15) is 6.61 Å². The van der Waals surface area contributed by atoms with Crippen LogP contribution in [0.25, 0.3) is 0 Å². The maximum atomic E-state index is 12.2. The molecule has 15 heavy (non-hydrogen) atoms. The second-order valence-corrected chi connectivity index (χ2v) is 5.04. The Morgan fingerprint density at radius 3 is 2.67 bits per heavy atom. The molecule has 0 radical (unpaired) electrons. The third-order valence-corrected chi connectivity index (χ3v) is 4.01. The largest absolute Gasteiger partial charge is 0.362 e. The summed E-state index contributed by atoms with van der Waals surface area (Å²) in [7, 11) is -1.90. The summed E-state index contributed by atoms with van der Waals surface area (Å²) in [6.45, 7) is 1.82. The van der Waals surface area contributed by atoms with Gasteiger partial charge >= 0.3 is 7.60 Å². The Morgan fingerprint density at radius 1 is 1.47 bits per heavy atom. The van der Waals surface area contributed by atoms with Crippen LogP contribution in [0.15, 0.2) is 24.3 Å². The summed E-state index contributed by atoms with van der Waals surface area (Å²) < 4.78 is 22.3. The summed E-state index contributed by atoms with van der Waals surface area (Å²) in [5.74, 6) is 2.27. The van der Waals surface area contributed by atoms with Crippen LogP contribution in [-0.2, 0) is 13.6 Å². The monoisotopic (exact) mass is 224 g/mol. The first-order chi connectivity index (χ1) is 7.14. The topological polar surface area (TPSA) is 35.5 Å². The quantitative estimate of drug-likeness (QED) is 0.580. The van der Waals surface area contributed by atoms with Crippen LogP contribution in [0.5, 0.6) is 0 Å². The lowest BCUT2D eigenvalue weighted by Gasteiger charge is -2.16. The van der Waals surface area contributed by atoms with Gasteiger partial charge < -0.3 is 4.52 Å². The van der Waals surface area contributed by atoms with Gasteiger partial charge in [-0.15, -0.1) is 6.42 Å². The maximum absolute atomic E-state index is 12.2. The van der Waals surface area contributed by atoms with E-state index >= 15 is 0 Å². The molecule has 0 aromatic heterocycles. The normalized spacial score (nSPS) is 14.2. The lowest BCUT2D eigenvalue weighted by atomic mass is 10.2. The zero-order valence-electron chi connectivity index (χ0n) is 8.77. The van der Waals surface area contributed by atoms with Crippen molar-refractivity contribution in [2.75, 3.05) is 13.7 Å². The molecule has 1 unspecified atom stereocenters. The fourth-order valence-corrected chi connectivity index (χ4v) is 2.67. The maximum Gasteiger partial charge on any atom is 0.362 e. The van der Waals surface area contributed by atoms with Crippen LogP contribution in [-0.4, -0.2) is 13.7 Å². The van der Waals surface area contributed by atoms with Crippen molar-refractivity contribution in [1.82, 2.24) is 0 Å². The summed E-state index contributed by atoms with van der Waals surface area (Å²) in [5.41, 5.74) is 0.861. The van der Waals surface area contributed by atoms with Gasteiger partial charge in [-0.2, -0.15) is 0 Å². The molecular weight excluding hydrogens is 211 g/mol. The fourth-order valence-electron chi connectivity index (χ4n) is 1.21. The Balaban J connectivity index is 3.07. The number of hydrogen-bond donors (Lipinski definition) is 0. The van der Waals surface area contributed by atoms with Crippen LogP contribution in [0, 0.1) is 19.3 Å². The highest BCUT2D eigenvalue weighted by molar-refractivity contribution is 7.62. The Labute approximate surface area is 89.9 Å². The van der Waals surface area contributed by atoms with E-state index in [0.717, 1.165) is 5.56 Å². The SMILES string of the molecule is C#CCOP(=O)(OC)c1ccccc1C. The average Bonchev–Trinajstić information content (AvgIpc) is 2.26. The highest BCUT2D eigenvalue weighted by Gasteiger charge is 2.27. The van der Waals surface area contributed by atoms with Crippen LogP contribution >= 0.6 is 7.60 Å². The van der Waals surface area contributed by atoms with E-state index in [1.54, 1.807) is 12.1 Å². The molecule has 1 aromatic carbocycles. The van der Waals surface area contributed by atoms with Gasteiger partial charge in [-0.05, 0) is 18.6 Å². The van der Waals surface area contributed by atoms with E-state index in [4.69, 9.17) is 15.5 Å². The minimum atomic E-state index is -3.25. The standard InChI is InChI=1S/C11H13O3P/c1-4-9-14-15(12,13-3)11-8-6-5-7-10(11)2/h1,5-8H,9H2,2-3H3. The highest BCUT2D eigenvalue weighted by atomic mass is 31.2. The molecule has 0 aliphatic heterocycles. The van der Waals surface area contributed by atoms with E-state index in [1.165, 1.54) is 7.11 Å². The summed E-state index contributed by atoms with van der Waals surface area (Å²) in [6.07, 6.45) is 5.05. The van der Waals surface area contributed by atoms with E-state index in [-0.39, 0.29) is 6.61 Å². The van der Waals surface area contributed by atoms with E-state index in [0.29, 0.717) is 5.30 Å². The van der Waals surface area contributed by atoms with Gasteiger partial charge in [0.05, 0.1) is 5.30 Å². The van der Waals surface area contributed by atoms with Gasteiger partial charge in [0.15, 0.2) is 0 Å². The molecule has 0 fully saturated rings. The molecule has 3 nitrogen and oxygen atoms in total. The summed E-state index contributed by atoms with van der Waals surface area (Å²) >= 11 is 0. The van der Waals surface area contributed by atoms with Gasteiger partial charge in [0.25, 0.3) is 0 Å². The molecule has 1 atom stereocenters. The Morgan fingerprint density at radius 2 is 2.13 bits per heavy atom. The molecule has 0 aliphatic rings. The first kappa shape index (κ1) is 12.0. The Bertz CT molecular complexity index is 420. The molecule has 0 N–H and O–H groups in total. The summed E-state index contributed by atoms with van der Waals surface area (Å²) in [6, 6.07) is 7.21.